The number of aromatic nitrogens is 1. The lowest BCUT2D eigenvalue weighted by Crippen LogP contribution is -2.49. The van der Waals surface area contributed by atoms with Crippen LogP contribution in [0.25, 0.3) is 0 Å². The number of carbonyl (C=O) groups excluding carboxylic acids is 2. The van der Waals surface area contributed by atoms with Gasteiger partial charge in [0.05, 0.1) is 30.0 Å². The molecule has 3 heterocycles. The van der Waals surface area contributed by atoms with Gasteiger partial charge in [0.15, 0.2) is 0 Å². The number of nitrogens with one attached hydrogen (secondary N) is 2. The normalized spacial score (nSPS) is 21.2. The summed E-state index contributed by atoms with van der Waals surface area (Å²) < 4.78 is 37.7. The van der Waals surface area contributed by atoms with E-state index in [9.17, 15) is 22.8 Å². The molecule has 2 bridgehead atoms. The number of amides is 3. The van der Waals surface area contributed by atoms with Gasteiger partial charge in [-0.05, 0) is 37.1 Å². The number of morpholine rings is 1. The number of aliphatic carboxylic acids is 1. The Labute approximate surface area is 192 Å². The fourth-order valence-electron chi connectivity index (χ4n) is 3.68. The summed E-state index contributed by atoms with van der Waals surface area (Å²) in [7, 11) is 0. The van der Waals surface area contributed by atoms with Crippen LogP contribution in [-0.2, 0) is 14.3 Å². The Balaban J connectivity index is 0.000000406. The molecule has 0 saturated carbocycles. The molecule has 0 spiro atoms. The zero-order chi connectivity index (χ0) is 24.9. The number of para-hydroxylation sites is 1. The summed E-state index contributed by atoms with van der Waals surface area (Å²) >= 11 is 0. The molecule has 2 aliphatic heterocycles. The molecule has 1 aromatic heterocycles. The molecule has 12 heteroatoms. The highest BCUT2D eigenvalue weighted by molar-refractivity contribution is 5.93. The highest BCUT2D eigenvalue weighted by Crippen LogP contribution is 2.33. The number of urea groups is 1. The fourth-order valence-corrected chi connectivity index (χ4v) is 3.68. The van der Waals surface area contributed by atoms with Gasteiger partial charge in [-0.1, -0.05) is 18.2 Å². The Morgan fingerprint density at radius 2 is 1.82 bits per heavy atom. The van der Waals surface area contributed by atoms with Crippen molar-refractivity contribution in [1.82, 2.24) is 9.88 Å². The van der Waals surface area contributed by atoms with Gasteiger partial charge in [0.1, 0.15) is 0 Å². The number of alkyl halides is 3. The number of hydrogen-bond acceptors (Lipinski definition) is 5. The van der Waals surface area contributed by atoms with Crippen LogP contribution >= 0.6 is 0 Å². The molecule has 3 amide bonds. The van der Waals surface area contributed by atoms with Crippen molar-refractivity contribution in [3.8, 4) is 0 Å². The summed E-state index contributed by atoms with van der Waals surface area (Å²) in [6.45, 7) is 2.85. The molecule has 34 heavy (non-hydrogen) atoms. The van der Waals surface area contributed by atoms with Gasteiger partial charge in [-0.15, -0.1) is 0 Å². The van der Waals surface area contributed by atoms with Crippen LogP contribution < -0.4 is 10.6 Å². The number of pyridine rings is 1. The third-order valence-corrected chi connectivity index (χ3v) is 5.34. The zero-order valence-corrected chi connectivity index (χ0v) is 18.1. The number of likely N-dealkylation sites (tertiary alicyclic amines) is 1. The van der Waals surface area contributed by atoms with Crippen molar-refractivity contribution in [3.63, 3.8) is 0 Å². The maximum atomic E-state index is 12.7. The SMILES string of the molecule is Cc1ccccc1NC(=O)N1C[C@H]2C[C@H](C(=O)Nc3cccnc3)[C@@H](C1)O2.O=C(O)C(F)(F)F. The number of carbonyl (C=O) groups is 3. The molecule has 1 aromatic carbocycles. The molecule has 3 atom stereocenters. The highest BCUT2D eigenvalue weighted by Gasteiger charge is 2.45. The number of ether oxygens (including phenoxy) is 1. The minimum Gasteiger partial charge on any atom is -0.475 e. The first kappa shape index (κ1) is 25.0. The Hall–Kier alpha value is -3.67. The topological polar surface area (TPSA) is 121 Å². The number of benzene rings is 1. The van der Waals surface area contributed by atoms with Crippen molar-refractivity contribution < 1.29 is 37.4 Å². The second-order valence-electron chi connectivity index (χ2n) is 7.82. The van der Waals surface area contributed by atoms with Crippen LogP contribution in [0.1, 0.15) is 12.0 Å². The first-order valence-corrected chi connectivity index (χ1v) is 10.3. The monoisotopic (exact) mass is 480 g/mol. The van der Waals surface area contributed by atoms with Gasteiger partial charge in [0.25, 0.3) is 0 Å². The molecule has 182 valence electrons. The number of carboxylic acids is 1. The number of fused-ring (bicyclic) bond motifs is 2. The molecule has 4 rings (SSSR count). The van der Waals surface area contributed by atoms with E-state index in [4.69, 9.17) is 14.6 Å². The van der Waals surface area contributed by atoms with Crippen LogP contribution in [0.2, 0.25) is 0 Å². The molecule has 2 aromatic rings. The van der Waals surface area contributed by atoms with Gasteiger partial charge in [0, 0.05) is 25.0 Å². The number of nitrogens with zero attached hydrogens (tertiary/aromatic N) is 2. The van der Waals surface area contributed by atoms with E-state index in [0.717, 1.165) is 11.3 Å². The van der Waals surface area contributed by atoms with E-state index >= 15 is 0 Å². The highest BCUT2D eigenvalue weighted by atomic mass is 19.4. The van der Waals surface area contributed by atoms with Gasteiger partial charge < -0.3 is 25.4 Å². The van der Waals surface area contributed by atoms with Gasteiger partial charge in [0.2, 0.25) is 5.91 Å². The smallest absolute Gasteiger partial charge is 0.475 e. The van der Waals surface area contributed by atoms with Gasteiger partial charge in [-0.25, -0.2) is 9.59 Å². The second kappa shape index (κ2) is 10.5. The predicted octanol–water partition coefficient (Wildman–Crippen LogP) is 3.28. The molecular formula is C22H23F3N4O5. The first-order valence-electron chi connectivity index (χ1n) is 10.3. The third kappa shape index (κ3) is 6.44. The van der Waals surface area contributed by atoms with E-state index in [1.807, 2.05) is 31.2 Å². The van der Waals surface area contributed by atoms with Gasteiger partial charge >= 0.3 is 18.2 Å². The van der Waals surface area contributed by atoms with Crippen molar-refractivity contribution in [3.05, 3.63) is 54.4 Å². The molecule has 3 N–H and O–H groups in total. The lowest BCUT2D eigenvalue weighted by atomic mass is 9.99. The molecular weight excluding hydrogens is 457 g/mol. The molecule has 2 fully saturated rings. The van der Waals surface area contributed by atoms with Crippen molar-refractivity contribution in [1.29, 1.82) is 0 Å². The standard InChI is InChI=1S/C20H22N4O3.C2HF3O2/c1-13-5-2-3-7-17(13)23-20(26)24-11-15-9-16(18(12-24)27-15)19(25)22-14-6-4-8-21-10-14;3-2(4,5)1(6)7/h2-8,10,15-16,18H,9,11-12H2,1H3,(H,22,25)(H,23,26);(H,6,7)/t15-,16+,18-;/m1./s1. The molecule has 9 nitrogen and oxygen atoms in total. The van der Waals surface area contributed by atoms with E-state index in [0.29, 0.717) is 25.2 Å². The Kier molecular flexibility index (Phi) is 7.72. The number of hydrogen-bond donors (Lipinski definition) is 3. The zero-order valence-electron chi connectivity index (χ0n) is 18.1. The van der Waals surface area contributed by atoms with Crippen molar-refractivity contribution in [2.24, 2.45) is 5.92 Å². The van der Waals surface area contributed by atoms with E-state index in [-0.39, 0.29) is 30.1 Å². The minimum atomic E-state index is -5.08. The summed E-state index contributed by atoms with van der Waals surface area (Å²) in [6, 6.07) is 11.1. The number of anilines is 2. The van der Waals surface area contributed by atoms with Crippen LogP contribution in [-0.4, -0.2) is 64.4 Å². The Morgan fingerprint density at radius 1 is 1.12 bits per heavy atom. The van der Waals surface area contributed by atoms with Crippen molar-refractivity contribution in [2.75, 3.05) is 23.7 Å². The molecule has 0 unspecified atom stereocenters. The van der Waals surface area contributed by atoms with Crippen molar-refractivity contribution in [2.45, 2.75) is 31.7 Å². The number of rotatable bonds is 3. The summed E-state index contributed by atoms with van der Waals surface area (Å²) in [5.41, 5.74) is 2.47. The number of halogens is 3. The van der Waals surface area contributed by atoms with E-state index in [2.05, 4.69) is 15.6 Å². The fraction of sp³-hybridized carbons (Fsp3) is 0.364. The molecule has 0 radical (unpaired) electrons. The first-order chi connectivity index (χ1) is 16.0. The summed E-state index contributed by atoms with van der Waals surface area (Å²) in [5, 5.41) is 13.0. The summed E-state index contributed by atoms with van der Waals surface area (Å²) in [4.78, 5) is 39.9. The number of aryl methyl sites for hydroxylation is 1. The van der Waals surface area contributed by atoms with Gasteiger partial charge in [-0.2, -0.15) is 13.2 Å². The maximum Gasteiger partial charge on any atom is 0.490 e. The van der Waals surface area contributed by atoms with E-state index in [1.165, 1.54) is 0 Å². The quantitative estimate of drug-likeness (QED) is 0.620. The number of carboxylic acid groups (broad SMARTS) is 1. The molecule has 2 saturated heterocycles. The second-order valence-corrected chi connectivity index (χ2v) is 7.82. The predicted molar refractivity (Wildman–Crippen MR) is 115 cm³/mol. The van der Waals surface area contributed by atoms with E-state index in [1.54, 1.807) is 29.4 Å². The summed E-state index contributed by atoms with van der Waals surface area (Å²) in [5.74, 6) is -3.12. The van der Waals surface area contributed by atoms with E-state index < -0.39 is 12.1 Å². The lowest BCUT2D eigenvalue weighted by molar-refractivity contribution is -0.192. The average Bonchev–Trinajstić information content (AvgIpc) is 3.09. The van der Waals surface area contributed by atoms with Crippen LogP contribution in [0.5, 0.6) is 0 Å². The Bertz CT molecular complexity index is 1030. The maximum absolute atomic E-state index is 12.7. The molecule has 0 aliphatic carbocycles. The third-order valence-electron chi connectivity index (χ3n) is 5.34. The van der Waals surface area contributed by atoms with Crippen LogP contribution in [0.15, 0.2) is 48.8 Å². The largest absolute Gasteiger partial charge is 0.490 e. The summed E-state index contributed by atoms with van der Waals surface area (Å²) in [6.07, 6.45) is -1.60. The Morgan fingerprint density at radius 3 is 2.44 bits per heavy atom. The van der Waals surface area contributed by atoms with Gasteiger partial charge in [-0.3, -0.25) is 9.78 Å². The minimum absolute atomic E-state index is 0.0864. The lowest BCUT2D eigenvalue weighted by Gasteiger charge is -2.32. The molecule has 2 aliphatic rings. The van der Waals surface area contributed by atoms with Crippen LogP contribution in [0, 0.1) is 12.8 Å². The van der Waals surface area contributed by atoms with Crippen LogP contribution in [0.4, 0.5) is 29.3 Å². The van der Waals surface area contributed by atoms with Crippen molar-refractivity contribution >= 4 is 29.3 Å². The average molecular weight is 480 g/mol. The van der Waals surface area contributed by atoms with Crippen LogP contribution in [0.3, 0.4) is 0 Å².